The minimum atomic E-state index is -1.25. The Labute approximate surface area is 306 Å². The number of Topliss-reactive ketones (excluding diaryl/α,β-unsaturated/α-hetero) is 1. The molecule has 9 nitrogen and oxygen atoms in total. The van der Waals surface area contributed by atoms with Crippen LogP contribution in [0.2, 0.25) is 0 Å². The quantitative estimate of drug-likeness (QED) is 0.286. The molecule has 8 heterocycles. The van der Waals surface area contributed by atoms with Crippen molar-refractivity contribution in [2.24, 2.45) is 43.7 Å². The molecule has 3 saturated heterocycles. The minimum Gasteiger partial charge on any atom is -0.500 e. The fourth-order valence-electron chi connectivity index (χ4n) is 12.5. The van der Waals surface area contributed by atoms with Gasteiger partial charge in [-0.3, -0.25) is 14.6 Å². The van der Waals surface area contributed by atoms with Crippen LogP contribution < -0.4 is 4.74 Å². The van der Waals surface area contributed by atoms with E-state index < -0.39 is 5.79 Å². The van der Waals surface area contributed by atoms with Gasteiger partial charge in [-0.05, 0) is 101 Å². The van der Waals surface area contributed by atoms with E-state index in [0.717, 1.165) is 42.6 Å². The molecule has 0 spiro atoms. The summed E-state index contributed by atoms with van der Waals surface area (Å²) in [4.78, 5) is 17.8. The molecule has 1 N–H and O–H groups in total. The highest BCUT2D eigenvalue weighted by molar-refractivity contribution is 5.94. The van der Waals surface area contributed by atoms with Crippen LogP contribution in [0.4, 0.5) is 0 Å². The van der Waals surface area contributed by atoms with Gasteiger partial charge in [-0.1, -0.05) is 18.2 Å². The van der Waals surface area contributed by atoms with E-state index in [4.69, 9.17) is 14.2 Å². The lowest BCUT2D eigenvalue weighted by molar-refractivity contribution is -0.289. The third-order valence-corrected chi connectivity index (χ3v) is 15.0. The number of benzene rings is 2. The summed E-state index contributed by atoms with van der Waals surface area (Å²) < 4.78 is 23.4. The zero-order chi connectivity index (χ0) is 36.0. The first kappa shape index (κ1) is 33.0. The number of methoxy groups -OCH3 is 1. The fourth-order valence-corrected chi connectivity index (χ4v) is 12.5. The second kappa shape index (κ2) is 11.4. The van der Waals surface area contributed by atoms with Crippen LogP contribution in [0.3, 0.4) is 0 Å². The zero-order valence-corrected chi connectivity index (χ0v) is 31.6. The lowest BCUT2D eigenvalue weighted by atomic mass is 9.62. The van der Waals surface area contributed by atoms with Crippen LogP contribution in [0.5, 0.6) is 5.75 Å². The number of para-hydroxylation sites is 1. The van der Waals surface area contributed by atoms with Gasteiger partial charge in [0.1, 0.15) is 5.75 Å². The maximum Gasteiger partial charge on any atom is 0.166 e. The lowest BCUT2D eigenvalue weighted by Crippen LogP contribution is -2.62. The van der Waals surface area contributed by atoms with Gasteiger partial charge >= 0.3 is 0 Å². The van der Waals surface area contributed by atoms with Gasteiger partial charge in [-0.25, -0.2) is 0 Å². The average Bonchev–Trinajstić information content (AvgIpc) is 3.55. The molecule has 9 heteroatoms. The van der Waals surface area contributed by atoms with Crippen molar-refractivity contribution < 1.29 is 24.1 Å². The number of rotatable bonds is 4. The highest BCUT2D eigenvalue weighted by Gasteiger charge is 2.56. The van der Waals surface area contributed by atoms with Gasteiger partial charge in [-0.2, -0.15) is 0 Å². The van der Waals surface area contributed by atoms with Crippen molar-refractivity contribution in [3.63, 3.8) is 0 Å². The summed E-state index contributed by atoms with van der Waals surface area (Å²) in [7, 11) is 10.7. The maximum atomic E-state index is 12.7. The van der Waals surface area contributed by atoms with E-state index in [-0.39, 0.29) is 35.6 Å². The van der Waals surface area contributed by atoms with Crippen molar-refractivity contribution in [1.29, 1.82) is 0 Å². The predicted molar refractivity (Wildman–Crippen MR) is 200 cm³/mol. The SMILES string of the molecule is COc1cc2c(cc1C[C@@H]1[C@@H]3C[C@H]4c5c(c6ccccc6n5C)C[C@@H]([C@@H]3CO[C@]1(C)O)N4C)c1c(n2C)[C@@H]2C[C@H]3C(C(C)=O)=COC[C@H]3[C@H](C1)N2C. The number of aliphatic hydroxyl groups is 1. The number of carbonyl (C=O) groups is 1. The van der Waals surface area contributed by atoms with Crippen LogP contribution in [0.25, 0.3) is 21.8 Å². The second-order valence-electron chi connectivity index (χ2n) is 17.2. The Balaban J connectivity index is 1.04. The molecular formula is C43H52N4O5. The van der Waals surface area contributed by atoms with Gasteiger partial charge in [0.05, 0.1) is 44.2 Å². The molecule has 0 amide bonds. The van der Waals surface area contributed by atoms with Crippen molar-refractivity contribution in [2.75, 3.05) is 34.4 Å². The van der Waals surface area contributed by atoms with Gasteiger partial charge in [0, 0.05) is 83.2 Å². The standard InChI is InChI=1S/C43H52N4O5/c1-22(48)30-19-51-20-31-25(30)14-38-42-29(17-35(31)44(38)3)27-12-23(40(50-7)18-37(27)47(42)6)13-33-26-15-39-41-28(24-10-8-9-11-34(24)46(41)5)16-36(45(39)4)32(26)21-52-43(33,2)49/h8-12,18-19,25-26,31-33,35-36,38-39,49H,13-17,20-21H2,1-7H3/t25-,26+,31+,32+,33+,35-,36-,38-,39-,43-/m0/s1. The maximum absolute atomic E-state index is 12.7. The number of hydrogen-bond acceptors (Lipinski definition) is 7. The number of ketones is 1. The Morgan fingerprint density at radius 2 is 1.56 bits per heavy atom. The predicted octanol–water partition coefficient (Wildman–Crippen LogP) is 5.85. The number of aromatic nitrogens is 2. The van der Waals surface area contributed by atoms with Gasteiger partial charge in [0.25, 0.3) is 0 Å². The third kappa shape index (κ3) is 4.39. The molecule has 4 bridgehead atoms. The summed E-state index contributed by atoms with van der Waals surface area (Å²) in [6, 6.07) is 14.6. The Kier molecular flexibility index (Phi) is 7.25. The molecule has 2 aromatic carbocycles. The van der Waals surface area contributed by atoms with Crippen molar-refractivity contribution in [2.45, 2.75) is 75.9 Å². The van der Waals surface area contributed by atoms with E-state index in [2.05, 4.69) is 83.5 Å². The number of ether oxygens (including phenoxy) is 3. The minimum absolute atomic E-state index is 0.0884. The largest absolute Gasteiger partial charge is 0.500 e. The Bertz CT molecular complexity index is 2180. The lowest BCUT2D eigenvalue weighted by Gasteiger charge is -2.58. The van der Waals surface area contributed by atoms with Crippen LogP contribution in [-0.4, -0.2) is 82.1 Å². The molecule has 3 fully saturated rings. The number of aryl methyl sites for hydroxylation is 2. The first-order valence-electron chi connectivity index (χ1n) is 19.4. The van der Waals surface area contributed by atoms with Crippen molar-refractivity contribution in [3.05, 3.63) is 76.3 Å². The van der Waals surface area contributed by atoms with E-state index in [0.29, 0.717) is 43.6 Å². The molecule has 2 aromatic heterocycles. The number of fused-ring (bicyclic) bond motifs is 16. The summed E-state index contributed by atoms with van der Waals surface area (Å²) in [5, 5.41) is 14.7. The fraction of sp³-hybridized carbons (Fsp3) is 0.558. The Hall–Kier alpha value is -3.63. The summed E-state index contributed by atoms with van der Waals surface area (Å²) in [6.07, 6.45) is 6.23. The van der Waals surface area contributed by atoms with Gasteiger partial charge in [-0.15, -0.1) is 0 Å². The smallest absolute Gasteiger partial charge is 0.166 e. The zero-order valence-electron chi connectivity index (χ0n) is 31.6. The summed E-state index contributed by atoms with van der Waals surface area (Å²) >= 11 is 0. The topological polar surface area (TPSA) is 81.3 Å². The number of hydrogen-bond donors (Lipinski definition) is 1. The summed E-state index contributed by atoms with van der Waals surface area (Å²) in [6.45, 7) is 4.79. The molecular weight excluding hydrogens is 652 g/mol. The van der Waals surface area contributed by atoms with Crippen LogP contribution in [0.1, 0.15) is 66.9 Å². The van der Waals surface area contributed by atoms with Crippen molar-refractivity contribution >= 4 is 27.6 Å². The number of piperidine rings is 2. The number of likely N-dealkylation sites (N-methyl/N-ethyl adjacent to an activating group) is 2. The molecule has 4 aromatic rings. The van der Waals surface area contributed by atoms with Crippen LogP contribution >= 0.6 is 0 Å². The highest BCUT2D eigenvalue weighted by atomic mass is 16.6. The Morgan fingerprint density at radius 3 is 2.29 bits per heavy atom. The molecule has 10 rings (SSSR count). The molecule has 0 radical (unpaired) electrons. The molecule has 52 heavy (non-hydrogen) atoms. The van der Waals surface area contributed by atoms with E-state index >= 15 is 0 Å². The number of allylic oxidation sites excluding steroid dienone is 1. The van der Waals surface area contributed by atoms with E-state index in [9.17, 15) is 9.90 Å². The molecule has 6 aliphatic rings. The Morgan fingerprint density at radius 1 is 0.885 bits per heavy atom. The highest BCUT2D eigenvalue weighted by Crippen LogP contribution is 2.56. The van der Waals surface area contributed by atoms with Crippen LogP contribution in [0, 0.1) is 29.6 Å². The second-order valence-corrected chi connectivity index (χ2v) is 17.2. The first-order valence-corrected chi connectivity index (χ1v) is 19.4. The van der Waals surface area contributed by atoms with Gasteiger partial charge < -0.3 is 28.5 Å². The van der Waals surface area contributed by atoms with Crippen LogP contribution in [0.15, 0.2) is 48.2 Å². The summed E-state index contributed by atoms with van der Waals surface area (Å²) in [5.74, 6) is 0.777. The molecule has 0 aliphatic carbocycles. The number of nitrogens with zero attached hydrogens (tertiary/aromatic N) is 4. The summed E-state index contributed by atoms with van der Waals surface area (Å²) in [5.41, 5.74) is 10.2. The normalized spacial score (nSPS) is 35.3. The van der Waals surface area contributed by atoms with E-state index in [1.807, 2.05) is 6.92 Å². The molecule has 0 saturated carbocycles. The average molecular weight is 705 g/mol. The van der Waals surface area contributed by atoms with Crippen LogP contribution in [-0.2, 0) is 47.6 Å². The first-order chi connectivity index (χ1) is 25.0. The molecule has 0 unspecified atom stereocenters. The van der Waals surface area contributed by atoms with Crippen molar-refractivity contribution in [3.8, 4) is 5.75 Å². The van der Waals surface area contributed by atoms with Gasteiger partial charge in [0.2, 0.25) is 0 Å². The van der Waals surface area contributed by atoms with E-state index in [1.54, 1.807) is 20.3 Å². The monoisotopic (exact) mass is 704 g/mol. The molecule has 6 aliphatic heterocycles. The van der Waals surface area contributed by atoms with Crippen molar-refractivity contribution in [1.82, 2.24) is 18.9 Å². The third-order valence-electron chi connectivity index (χ3n) is 15.0. The van der Waals surface area contributed by atoms with E-state index in [1.165, 1.54) is 44.3 Å². The molecule has 274 valence electrons. The number of carbonyl (C=O) groups excluding carboxylic acids is 1. The molecule has 10 atom stereocenters. The van der Waals surface area contributed by atoms with Gasteiger partial charge in [0.15, 0.2) is 11.6 Å².